The number of aromatic nitrogens is 1. The van der Waals surface area contributed by atoms with Crippen LogP contribution in [0.25, 0.3) is 0 Å². The Kier molecular flexibility index (Phi) is 11.7. The topological polar surface area (TPSA) is 142 Å². The molecule has 1 aliphatic heterocycles. The molecule has 2 unspecified atom stereocenters. The van der Waals surface area contributed by atoms with Crippen molar-refractivity contribution in [3.63, 3.8) is 0 Å². The van der Waals surface area contributed by atoms with Crippen molar-refractivity contribution in [2.75, 3.05) is 26.3 Å². The lowest BCUT2D eigenvalue weighted by molar-refractivity contribution is -0.384. The molecule has 1 aromatic heterocycles. The van der Waals surface area contributed by atoms with Crippen LogP contribution in [0, 0.1) is 10.1 Å². The van der Waals surface area contributed by atoms with E-state index in [0.717, 1.165) is 0 Å². The van der Waals surface area contributed by atoms with E-state index in [1.807, 2.05) is 0 Å². The first-order valence-electron chi connectivity index (χ1n) is 14.4. The van der Waals surface area contributed by atoms with Gasteiger partial charge in [0, 0.05) is 31.3 Å². The van der Waals surface area contributed by atoms with Crippen molar-refractivity contribution in [2.45, 2.75) is 64.1 Å². The fourth-order valence-corrected chi connectivity index (χ4v) is 5.64. The van der Waals surface area contributed by atoms with Crippen molar-refractivity contribution in [2.24, 2.45) is 0 Å². The van der Waals surface area contributed by atoms with E-state index in [9.17, 15) is 19.7 Å². The summed E-state index contributed by atoms with van der Waals surface area (Å²) < 4.78 is 23.4. The van der Waals surface area contributed by atoms with E-state index in [4.69, 9.17) is 18.6 Å². The highest BCUT2D eigenvalue weighted by Crippen LogP contribution is 2.39. The molecule has 2 aromatic rings. The smallest absolute Gasteiger partial charge is 0.410 e. The third-order valence-electron chi connectivity index (χ3n) is 7.66. The van der Waals surface area contributed by atoms with Crippen LogP contribution in [0.4, 0.5) is 10.5 Å². The van der Waals surface area contributed by atoms with Gasteiger partial charge in [-0.25, -0.2) is 9.78 Å². The van der Waals surface area contributed by atoms with Crippen molar-refractivity contribution < 1.29 is 33.1 Å². The van der Waals surface area contributed by atoms with Crippen LogP contribution in [0.1, 0.15) is 43.2 Å². The zero-order chi connectivity index (χ0) is 32.5. The van der Waals surface area contributed by atoms with Crippen molar-refractivity contribution >= 4 is 26.0 Å². The fourth-order valence-electron chi connectivity index (χ4n) is 4.28. The van der Waals surface area contributed by atoms with Gasteiger partial charge in [0.05, 0.1) is 23.3 Å². The summed E-state index contributed by atoms with van der Waals surface area (Å²) >= 11 is 0. The lowest BCUT2D eigenvalue weighted by Crippen LogP contribution is -2.45. The molecule has 3 rings (SSSR count). The number of likely N-dealkylation sites (tertiary alicyclic amines) is 1. The first-order chi connectivity index (χ1) is 20.8. The highest BCUT2D eigenvalue weighted by molar-refractivity contribution is 6.74. The molecule has 1 saturated heterocycles. The molecule has 1 N–H and O–H groups in total. The number of benzene rings is 1. The lowest BCUT2D eigenvalue weighted by atomic mass is 10.2. The summed E-state index contributed by atoms with van der Waals surface area (Å²) in [6.45, 7) is 18.9. The monoisotopic (exact) mass is 626 g/mol. The third-order valence-corrected chi connectivity index (χ3v) is 12.2. The summed E-state index contributed by atoms with van der Waals surface area (Å²) in [7, 11) is -2.15. The molecule has 0 spiro atoms. The molecule has 0 aliphatic carbocycles. The highest BCUT2D eigenvalue weighted by atomic mass is 28.4. The molecule has 2 amide bonds. The van der Waals surface area contributed by atoms with E-state index in [0.29, 0.717) is 30.0 Å². The van der Waals surface area contributed by atoms with E-state index in [1.165, 1.54) is 24.4 Å². The Bertz CT molecular complexity index is 1340. The molecule has 1 aliphatic rings. The minimum absolute atomic E-state index is 0.0286. The highest BCUT2D eigenvalue weighted by Gasteiger charge is 2.44. The van der Waals surface area contributed by atoms with Crippen molar-refractivity contribution in [1.82, 2.24) is 15.2 Å². The molecule has 0 saturated carbocycles. The Morgan fingerprint density at radius 2 is 1.77 bits per heavy atom. The summed E-state index contributed by atoms with van der Waals surface area (Å²) in [5.41, 5.74) is 0.686. The minimum Gasteiger partial charge on any atom is -0.486 e. The van der Waals surface area contributed by atoms with Crippen molar-refractivity contribution in [3.8, 4) is 11.5 Å². The molecule has 2 atom stereocenters. The Morgan fingerprint density at radius 1 is 1.14 bits per heavy atom. The number of ether oxygens (including phenoxy) is 3. The van der Waals surface area contributed by atoms with Gasteiger partial charge in [-0.15, -0.1) is 0 Å². The number of carbonyl (C=O) groups is 2. The predicted octanol–water partition coefficient (Wildman–Crippen LogP) is 5.65. The summed E-state index contributed by atoms with van der Waals surface area (Å²) in [5.74, 6) is 0.260. The van der Waals surface area contributed by atoms with Crippen LogP contribution >= 0.6 is 0 Å². The van der Waals surface area contributed by atoms with Gasteiger partial charge in [-0.05, 0) is 42.2 Å². The summed E-state index contributed by atoms with van der Waals surface area (Å²) in [6, 6.07) is 6.91. The zero-order valence-electron chi connectivity index (χ0n) is 26.0. The van der Waals surface area contributed by atoms with E-state index < -0.39 is 31.3 Å². The van der Waals surface area contributed by atoms with Gasteiger partial charge < -0.3 is 28.9 Å². The Morgan fingerprint density at radius 3 is 2.36 bits per heavy atom. The summed E-state index contributed by atoms with van der Waals surface area (Å²) in [6.07, 6.45) is 4.29. The molecular weight excluding hydrogens is 584 g/mol. The van der Waals surface area contributed by atoms with Crippen LogP contribution in [0.15, 0.2) is 61.8 Å². The number of non-ortho nitro benzene ring substituents is 1. The largest absolute Gasteiger partial charge is 0.486 e. The molecule has 1 aromatic carbocycles. The molecule has 1 fully saturated rings. The molecule has 0 radical (unpaired) electrons. The summed E-state index contributed by atoms with van der Waals surface area (Å²) in [5, 5.41) is 13.8. The van der Waals surface area contributed by atoms with Gasteiger partial charge in [-0.3, -0.25) is 14.9 Å². The molecule has 13 heteroatoms. The van der Waals surface area contributed by atoms with Gasteiger partial charge in [0.25, 0.3) is 11.6 Å². The maximum Gasteiger partial charge on any atom is 0.410 e. The number of pyridine rings is 1. The average Bonchev–Trinajstić information content (AvgIpc) is 3.38. The van der Waals surface area contributed by atoms with Gasteiger partial charge in [0.2, 0.25) is 0 Å². The maximum absolute atomic E-state index is 13.3. The number of hydrogen-bond acceptors (Lipinski definition) is 9. The van der Waals surface area contributed by atoms with Crippen LogP contribution in [0.5, 0.6) is 11.5 Å². The first kappa shape index (κ1) is 34.3. The fraction of sp³-hybridized carbons (Fsp3) is 0.452. The molecule has 238 valence electrons. The maximum atomic E-state index is 13.3. The van der Waals surface area contributed by atoms with Gasteiger partial charge in [0.1, 0.15) is 25.5 Å². The van der Waals surface area contributed by atoms with Crippen LogP contribution in [0.2, 0.25) is 18.1 Å². The standard InChI is InChI=1S/C31H42N4O8Si/c1-8-14-40-27-17-26(32-19-28(27)41-15-9-2)29(36)33-18-24-16-25(43-44(6,7)31(3,4)5)20-34(24)30(37)42-21-22-10-12-23(13-11-22)35(38)39/h8-13,17,19,24-25H,1-2,14-16,18,20-21H2,3-7H3,(H,33,36). The van der Waals surface area contributed by atoms with Gasteiger partial charge in [-0.2, -0.15) is 0 Å². The van der Waals surface area contributed by atoms with E-state index in [1.54, 1.807) is 29.2 Å². The van der Waals surface area contributed by atoms with E-state index in [-0.39, 0.29) is 48.9 Å². The quantitative estimate of drug-likeness (QED) is 0.122. The molecule has 12 nitrogen and oxygen atoms in total. The van der Waals surface area contributed by atoms with Gasteiger partial charge in [-0.1, -0.05) is 46.1 Å². The van der Waals surface area contributed by atoms with Gasteiger partial charge in [0.15, 0.2) is 19.8 Å². The number of nitro groups is 1. The molecule has 44 heavy (non-hydrogen) atoms. The number of carbonyl (C=O) groups excluding carboxylic acids is 2. The van der Waals surface area contributed by atoms with Crippen molar-refractivity contribution in [3.05, 3.63) is 83.2 Å². The Labute approximate surface area is 259 Å². The van der Waals surface area contributed by atoms with Gasteiger partial charge >= 0.3 is 6.09 Å². The summed E-state index contributed by atoms with van der Waals surface area (Å²) in [4.78, 5) is 42.7. The number of nitrogens with zero attached hydrogens (tertiary/aromatic N) is 3. The molecule has 0 bridgehead atoms. The second-order valence-corrected chi connectivity index (χ2v) is 16.7. The number of amides is 2. The number of rotatable bonds is 14. The number of nitrogens with one attached hydrogen (secondary N) is 1. The normalized spacial score (nSPS) is 16.6. The van der Waals surface area contributed by atoms with E-state index >= 15 is 0 Å². The number of hydrogen-bond donors (Lipinski definition) is 1. The Balaban J connectivity index is 1.73. The lowest BCUT2D eigenvalue weighted by Gasteiger charge is -2.38. The van der Waals surface area contributed by atoms with Crippen LogP contribution in [-0.2, 0) is 15.8 Å². The number of nitro benzene ring substituents is 1. The second kappa shape index (κ2) is 15.0. The van der Waals surface area contributed by atoms with Crippen molar-refractivity contribution in [1.29, 1.82) is 0 Å². The molecular formula is C31H42N4O8Si. The zero-order valence-corrected chi connectivity index (χ0v) is 27.0. The first-order valence-corrected chi connectivity index (χ1v) is 17.3. The molecule has 2 heterocycles. The third kappa shape index (κ3) is 9.13. The van der Waals surface area contributed by atoms with Crippen LogP contribution < -0.4 is 14.8 Å². The minimum atomic E-state index is -2.15. The van der Waals surface area contributed by atoms with Crippen LogP contribution in [0.3, 0.4) is 0 Å². The average molecular weight is 627 g/mol. The SMILES string of the molecule is C=CCOc1cnc(C(=O)NCC2CC(O[Si](C)(C)C(C)(C)C)CN2C(=O)OCc2ccc([N+](=O)[O-])cc2)cc1OCC=C. The van der Waals surface area contributed by atoms with E-state index in [2.05, 4.69) is 57.3 Å². The second-order valence-electron chi connectivity index (χ2n) is 11.9. The Hall–Kier alpha value is -4.23. The predicted molar refractivity (Wildman–Crippen MR) is 168 cm³/mol. The van der Waals surface area contributed by atoms with Crippen LogP contribution in [-0.4, -0.2) is 73.6 Å².